The van der Waals surface area contributed by atoms with Crippen LogP contribution in [0.2, 0.25) is 0 Å². The van der Waals surface area contributed by atoms with Gasteiger partial charge in [0.05, 0.1) is 0 Å². The lowest BCUT2D eigenvalue weighted by molar-refractivity contribution is 0.243. The van der Waals surface area contributed by atoms with Gasteiger partial charge in [0.25, 0.3) is 0 Å². The van der Waals surface area contributed by atoms with Crippen molar-refractivity contribution in [3.05, 3.63) is 0 Å². The van der Waals surface area contributed by atoms with Crippen molar-refractivity contribution < 1.29 is 9.90 Å². The van der Waals surface area contributed by atoms with Gasteiger partial charge in [-0.25, -0.2) is 10.2 Å². The molecule has 0 radical (unpaired) electrons. The molecule has 0 rings (SSSR count). The SMILES string of the molecule is CNC(=O)N/N=C(\C)CCO. The topological polar surface area (TPSA) is 73.7 Å². The zero-order valence-electron chi connectivity index (χ0n) is 6.72. The van der Waals surface area contributed by atoms with Crippen LogP contribution in [-0.4, -0.2) is 30.5 Å². The number of carbonyl (C=O) groups is 1. The second-order valence-corrected chi connectivity index (χ2v) is 2.01. The van der Waals surface area contributed by atoms with Crippen LogP contribution < -0.4 is 10.7 Å². The normalized spacial score (nSPS) is 11.0. The van der Waals surface area contributed by atoms with Gasteiger partial charge in [0, 0.05) is 25.8 Å². The molecule has 0 saturated heterocycles. The third kappa shape index (κ3) is 5.35. The minimum Gasteiger partial charge on any atom is -0.396 e. The molecule has 5 heteroatoms. The maximum absolute atomic E-state index is 10.5. The number of nitrogens with zero attached hydrogens (tertiary/aromatic N) is 1. The molecule has 0 aliphatic heterocycles. The summed E-state index contributed by atoms with van der Waals surface area (Å²) in [7, 11) is 1.51. The van der Waals surface area contributed by atoms with Crippen molar-refractivity contribution in [3.8, 4) is 0 Å². The average Bonchev–Trinajstić information content (AvgIpc) is 2.01. The van der Waals surface area contributed by atoms with E-state index in [1.165, 1.54) is 7.05 Å². The predicted octanol–water partition coefficient (Wildman–Crippen LogP) is -0.326. The summed E-state index contributed by atoms with van der Waals surface area (Å²) in [4.78, 5) is 10.5. The van der Waals surface area contributed by atoms with Crippen molar-refractivity contribution in [1.29, 1.82) is 0 Å². The van der Waals surface area contributed by atoms with Crippen LogP contribution in [0, 0.1) is 0 Å². The Hall–Kier alpha value is -1.10. The van der Waals surface area contributed by atoms with E-state index >= 15 is 0 Å². The molecule has 11 heavy (non-hydrogen) atoms. The van der Waals surface area contributed by atoms with Gasteiger partial charge in [0.1, 0.15) is 0 Å². The largest absolute Gasteiger partial charge is 0.396 e. The van der Waals surface area contributed by atoms with Crippen LogP contribution in [0.1, 0.15) is 13.3 Å². The molecular weight excluding hydrogens is 146 g/mol. The van der Waals surface area contributed by atoms with Crippen molar-refractivity contribution in [1.82, 2.24) is 10.7 Å². The van der Waals surface area contributed by atoms with Gasteiger partial charge in [-0.05, 0) is 6.92 Å². The Morgan fingerprint density at radius 2 is 2.27 bits per heavy atom. The molecule has 0 aliphatic rings. The number of hydrazone groups is 1. The van der Waals surface area contributed by atoms with Crippen molar-refractivity contribution in [2.45, 2.75) is 13.3 Å². The van der Waals surface area contributed by atoms with Gasteiger partial charge in [0.15, 0.2) is 0 Å². The van der Waals surface area contributed by atoms with Gasteiger partial charge in [-0.2, -0.15) is 5.10 Å². The van der Waals surface area contributed by atoms with E-state index in [0.717, 1.165) is 0 Å². The number of hydrogen-bond acceptors (Lipinski definition) is 3. The van der Waals surface area contributed by atoms with Gasteiger partial charge < -0.3 is 10.4 Å². The minimum atomic E-state index is -0.359. The Balaban J connectivity index is 3.63. The lowest BCUT2D eigenvalue weighted by Crippen LogP contribution is -2.29. The van der Waals surface area contributed by atoms with Gasteiger partial charge in [-0.1, -0.05) is 0 Å². The minimum absolute atomic E-state index is 0.0464. The van der Waals surface area contributed by atoms with Crippen LogP contribution in [0.5, 0.6) is 0 Å². The average molecular weight is 159 g/mol. The quantitative estimate of drug-likeness (QED) is 0.390. The van der Waals surface area contributed by atoms with Crippen molar-refractivity contribution >= 4 is 11.7 Å². The summed E-state index contributed by atoms with van der Waals surface area (Å²) >= 11 is 0. The third-order valence-electron chi connectivity index (χ3n) is 1.05. The molecule has 0 aromatic rings. The first-order chi connectivity index (χ1) is 5.20. The molecule has 0 aliphatic carbocycles. The molecule has 0 fully saturated rings. The Kier molecular flexibility index (Phi) is 5.10. The van der Waals surface area contributed by atoms with Crippen LogP contribution in [0.4, 0.5) is 4.79 Å². The Morgan fingerprint density at radius 3 is 2.73 bits per heavy atom. The Bertz CT molecular complexity index is 156. The van der Waals surface area contributed by atoms with Crippen molar-refractivity contribution in [2.24, 2.45) is 5.10 Å². The molecule has 0 aromatic heterocycles. The Labute approximate surface area is 65.5 Å². The van der Waals surface area contributed by atoms with Crippen molar-refractivity contribution in [2.75, 3.05) is 13.7 Å². The van der Waals surface area contributed by atoms with E-state index in [2.05, 4.69) is 15.8 Å². The first-order valence-corrected chi connectivity index (χ1v) is 3.32. The van der Waals surface area contributed by atoms with Crippen molar-refractivity contribution in [3.63, 3.8) is 0 Å². The summed E-state index contributed by atoms with van der Waals surface area (Å²) in [5, 5.41) is 14.5. The number of hydrogen-bond donors (Lipinski definition) is 3. The van der Waals surface area contributed by atoms with E-state index in [9.17, 15) is 4.79 Å². The molecule has 64 valence electrons. The molecule has 0 unspecified atom stereocenters. The summed E-state index contributed by atoms with van der Waals surface area (Å²) < 4.78 is 0. The molecule has 5 nitrogen and oxygen atoms in total. The maximum atomic E-state index is 10.5. The second-order valence-electron chi connectivity index (χ2n) is 2.01. The number of nitrogens with one attached hydrogen (secondary N) is 2. The number of urea groups is 1. The summed E-state index contributed by atoms with van der Waals surface area (Å²) in [6.45, 7) is 1.77. The molecule has 0 saturated carbocycles. The molecule has 3 N–H and O–H groups in total. The number of rotatable bonds is 3. The summed E-state index contributed by atoms with van der Waals surface area (Å²) in [6.07, 6.45) is 0.476. The lowest BCUT2D eigenvalue weighted by Gasteiger charge is -1.98. The monoisotopic (exact) mass is 159 g/mol. The van der Waals surface area contributed by atoms with E-state index in [1.54, 1.807) is 6.92 Å². The van der Waals surface area contributed by atoms with Crippen LogP contribution in [0.25, 0.3) is 0 Å². The molecule has 0 spiro atoms. The Morgan fingerprint density at radius 1 is 1.64 bits per heavy atom. The third-order valence-corrected chi connectivity index (χ3v) is 1.05. The smallest absolute Gasteiger partial charge is 0.334 e. The van der Waals surface area contributed by atoms with E-state index < -0.39 is 0 Å². The standard InChI is InChI=1S/C6H13N3O2/c1-5(3-4-10)8-9-6(11)7-2/h10H,3-4H2,1-2H3,(H2,7,9,11)/b8-5+. The zero-order valence-corrected chi connectivity index (χ0v) is 6.72. The zero-order chi connectivity index (χ0) is 8.69. The van der Waals surface area contributed by atoms with Crippen LogP contribution in [0.15, 0.2) is 5.10 Å². The van der Waals surface area contributed by atoms with E-state index in [0.29, 0.717) is 12.1 Å². The second kappa shape index (κ2) is 5.67. The van der Waals surface area contributed by atoms with Crippen LogP contribution in [0.3, 0.4) is 0 Å². The molecule has 2 amide bonds. The number of carbonyl (C=O) groups excluding carboxylic acids is 1. The number of aliphatic hydroxyl groups excluding tert-OH is 1. The van der Waals surface area contributed by atoms with E-state index in [1.807, 2.05) is 0 Å². The summed E-state index contributed by atoms with van der Waals surface area (Å²) in [5.41, 5.74) is 2.93. The molecule has 0 aromatic carbocycles. The van der Waals surface area contributed by atoms with Gasteiger partial charge in [-0.3, -0.25) is 0 Å². The highest BCUT2D eigenvalue weighted by molar-refractivity contribution is 5.83. The van der Waals surface area contributed by atoms with Gasteiger partial charge >= 0.3 is 6.03 Å². The number of aliphatic hydroxyl groups is 1. The fourth-order valence-electron chi connectivity index (χ4n) is 0.420. The lowest BCUT2D eigenvalue weighted by atomic mass is 10.3. The van der Waals surface area contributed by atoms with Crippen LogP contribution in [-0.2, 0) is 0 Å². The fourth-order valence-corrected chi connectivity index (χ4v) is 0.420. The van der Waals surface area contributed by atoms with E-state index in [4.69, 9.17) is 5.11 Å². The molecule has 0 atom stereocenters. The summed E-state index contributed by atoms with van der Waals surface area (Å²) in [5.74, 6) is 0. The maximum Gasteiger partial charge on any atom is 0.334 e. The van der Waals surface area contributed by atoms with Gasteiger partial charge in [0.2, 0.25) is 0 Å². The highest BCUT2D eigenvalue weighted by atomic mass is 16.3. The fraction of sp³-hybridized carbons (Fsp3) is 0.667. The molecule has 0 bridgehead atoms. The van der Waals surface area contributed by atoms with Gasteiger partial charge in [-0.15, -0.1) is 0 Å². The summed E-state index contributed by atoms with van der Waals surface area (Å²) in [6, 6.07) is -0.359. The highest BCUT2D eigenvalue weighted by Crippen LogP contribution is 1.81. The molecular formula is C6H13N3O2. The van der Waals surface area contributed by atoms with E-state index in [-0.39, 0.29) is 12.6 Å². The highest BCUT2D eigenvalue weighted by Gasteiger charge is 1.92. The first-order valence-electron chi connectivity index (χ1n) is 3.32. The first kappa shape index (κ1) is 9.90. The molecule has 0 heterocycles. The number of amides is 2. The predicted molar refractivity (Wildman–Crippen MR) is 42.4 cm³/mol. The van der Waals surface area contributed by atoms with Crippen LogP contribution >= 0.6 is 0 Å².